The summed E-state index contributed by atoms with van der Waals surface area (Å²) in [5, 5.41) is 3.04. The van der Waals surface area contributed by atoms with E-state index in [0.29, 0.717) is 0 Å². The smallest absolute Gasteiger partial charge is 0.0857 e. The van der Waals surface area contributed by atoms with Crippen LogP contribution in [0.1, 0.15) is 42.7 Å². The molecule has 0 aliphatic heterocycles. The molecule has 1 aromatic heterocycles. The molecule has 0 aliphatic rings. The van der Waals surface area contributed by atoms with Crippen LogP contribution in [0.5, 0.6) is 0 Å². The lowest BCUT2D eigenvalue weighted by atomic mass is 10.0. The SMILES string of the molecule is C=C(NC)c1cc(Cc2ccc(C)c(N=C(C)CC)c2)ccn1. The van der Waals surface area contributed by atoms with Gasteiger partial charge < -0.3 is 5.32 Å². The molecule has 3 heteroatoms. The minimum atomic E-state index is 0.833. The number of rotatable bonds is 6. The summed E-state index contributed by atoms with van der Waals surface area (Å²) in [5.74, 6) is 0. The molecule has 3 nitrogen and oxygen atoms in total. The maximum Gasteiger partial charge on any atom is 0.0857 e. The Balaban J connectivity index is 2.27. The van der Waals surface area contributed by atoms with Gasteiger partial charge in [0.2, 0.25) is 0 Å². The summed E-state index contributed by atoms with van der Waals surface area (Å²) < 4.78 is 0. The second kappa shape index (κ2) is 7.73. The van der Waals surface area contributed by atoms with Crippen LogP contribution in [0.25, 0.3) is 5.70 Å². The molecular weight excluding hydrogens is 282 g/mol. The quantitative estimate of drug-likeness (QED) is 0.787. The first kappa shape index (κ1) is 16.9. The standard InChI is InChI=1S/C20H25N3/c1-6-15(3)23-19-12-17(8-7-14(19)2)11-18-9-10-22-20(13-18)16(4)21-5/h7-10,12-13,21H,4,6,11H2,1-3,5H3. The van der Waals surface area contributed by atoms with E-state index in [-0.39, 0.29) is 0 Å². The zero-order valence-corrected chi connectivity index (χ0v) is 14.5. The van der Waals surface area contributed by atoms with Crippen LogP contribution in [0.4, 0.5) is 5.69 Å². The van der Waals surface area contributed by atoms with Gasteiger partial charge in [-0.05, 0) is 61.6 Å². The van der Waals surface area contributed by atoms with Crippen LogP contribution in [0, 0.1) is 6.92 Å². The Morgan fingerprint density at radius 3 is 2.65 bits per heavy atom. The van der Waals surface area contributed by atoms with Gasteiger partial charge in [0.1, 0.15) is 0 Å². The lowest BCUT2D eigenvalue weighted by Crippen LogP contribution is -2.05. The Kier molecular flexibility index (Phi) is 5.69. The third-order valence-corrected chi connectivity index (χ3v) is 3.94. The number of nitrogens with zero attached hydrogens (tertiary/aromatic N) is 2. The number of aromatic nitrogens is 1. The highest BCUT2D eigenvalue weighted by Crippen LogP contribution is 2.23. The lowest BCUT2D eigenvalue weighted by Gasteiger charge is -2.09. The molecule has 1 N–H and O–H groups in total. The Morgan fingerprint density at radius 2 is 1.96 bits per heavy atom. The Morgan fingerprint density at radius 1 is 1.22 bits per heavy atom. The van der Waals surface area contributed by atoms with Gasteiger partial charge in [-0.1, -0.05) is 25.6 Å². The molecule has 0 amide bonds. The molecule has 0 radical (unpaired) electrons. The van der Waals surface area contributed by atoms with Gasteiger partial charge in [0.05, 0.1) is 17.1 Å². The second-order valence-corrected chi connectivity index (χ2v) is 5.78. The van der Waals surface area contributed by atoms with Crippen LogP contribution in [0.3, 0.4) is 0 Å². The van der Waals surface area contributed by atoms with Crippen molar-refractivity contribution in [2.75, 3.05) is 7.05 Å². The highest BCUT2D eigenvalue weighted by molar-refractivity contribution is 5.84. The van der Waals surface area contributed by atoms with Crippen molar-refractivity contribution in [1.29, 1.82) is 0 Å². The predicted octanol–water partition coefficient (Wildman–Crippen LogP) is 4.67. The summed E-state index contributed by atoms with van der Waals surface area (Å²) in [6, 6.07) is 10.6. The zero-order chi connectivity index (χ0) is 16.8. The molecule has 0 saturated heterocycles. The fraction of sp³-hybridized carbons (Fsp3) is 0.300. The average Bonchev–Trinajstić information content (AvgIpc) is 2.57. The summed E-state index contributed by atoms with van der Waals surface area (Å²) >= 11 is 0. The van der Waals surface area contributed by atoms with Crippen molar-refractivity contribution in [3.8, 4) is 0 Å². The van der Waals surface area contributed by atoms with E-state index in [4.69, 9.17) is 4.99 Å². The van der Waals surface area contributed by atoms with Gasteiger partial charge in [-0.3, -0.25) is 9.98 Å². The molecule has 1 aromatic carbocycles. The number of pyridine rings is 1. The monoisotopic (exact) mass is 307 g/mol. The third kappa shape index (κ3) is 4.52. The van der Waals surface area contributed by atoms with Crippen LogP contribution in [0.2, 0.25) is 0 Å². The Bertz CT molecular complexity index is 729. The van der Waals surface area contributed by atoms with E-state index < -0.39 is 0 Å². The van der Waals surface area contributed by atoms with E-state index in [2.05, 4.69) is 61.9 Å². The molecule has 0 saturated carbocycles. The van der Waals surface area contributed by atoms with Gasteiger partial charge in [0.15, 0.2) is 0 Å². The van der Waals surface area contributed by atoms with Crippen molar-refractivity contribution in [1.82, 2.24) is 10.3 Å². The molecule has 0 spiro atoms. The first-order valence-electron chi connectivity index (χ1n) is 7.99. The van der Waals surface area contributed by atoms with Crippen molar-refractivity contribution in [2.24, 2.45) is 4.99 Å². The molecule has 0 aliphatic carbocycles. The van der Waals surface area contributed by atoms with E-state index in [1.165, 1.54) is 16.7 Å². The maximum atomic E-state index is 4.72. The number of aliphatic imine (C=N–C) groups is 1. The normalized spacial score (nSPS) is 11.4. The van der Waals surface area contributed by atoms with Crippen molar-refractivity contribution >= 4 is 17.1 Å². The van der Waals surface area contributed by atoms with Crippen LogP contribution >= 0.6 is 0 Å². The summed E-state index contributed by atoms with van der Waals surface area (Å²) in [5.41, 5.74) is 7.62. The number of hydrogen-bond donors (Lipinski definition) is 1. The maximum absolute atomic E-state index is 4.72. The van der Waals surface area contributed by atoms with E-state index in [9.17, 15) is 0 Å². The number of nitrogens with one attached hydrogen (secondary N) is 1. The van der Waals surface area contributed by atoms with Crippen LogP contribution < -0.4 is 5.32 Å². The van der Waals surface area contributed by atoms with Crippen molar-refractivity contribution in [3.05, 3.63) is 65.5 Å². The van der Waals surface area contributed by atoms with Gasteiger partial charge in [-0.15, -0.1) is 0 Å². The second-order valence-electron chi connectivity index (χ2n) is 5.78. The number of hydrogen-bond acceptors (Lipinski definition) is 3. The minimum Gasteiger partial charge on any atom is -0.387 e. The largest absolute Gasteiger partial charge is 0.387 e. The van der Waals surface area contributed by atoms with E-state index in [1.807, 2.05) is 19.3 Å². The van der Waals surface area contributed by atoms with Gasteiger partial charge in [-0.25, -0.2) is 0 Å². The highest BCUT2D eigenvalue weighted by Gasteiger charge is 2.04. The summed E-state index contributed by atoms with van der Waals surface area (Å²) in [6.45, 7) is 10.3. The highest BCUT2D eigenvalue weighted by atomic mass is 14.9. The molecule has 23 heavy (non-hydrogen) atoms. The van der Waals surface area contributed by atoms with Crippen LogP contribution in [-0.4, -0.2) is 17.7 Å². The number of benzene rings is 1. The number of aryl methyl sites for hydroxylation is 1. The van der Waals surface area contributed by atoms with E-state index >= 15 is 0 Å². The third-order valence-electron chi connectivity index (χ3n) is 3.94. The zero-order valence-electron chi connectivity index (χ0n) is 14.5. The Labute approximate surface area is 139 Å². The van der Waals surface area contributed by atoms with Gasteiger partial charge >= 0.3 is 0 Å². The molecule has 0 bridgehead atoms. The molecular formula is C20H25N3. The van der Waals surface area contributed by atoms with Crippen molar-refractivity contribution in [2.45, 2.75) is 33.6 Å². The Hall–Kier alpha value is -2.42. The van der Waals surface area contributed by atoms with E-state index in [0.717, 1.165) is 35.6 Å². The molecule has 0 atom stereocenters. The molecule has 1 heterocycles. The lowest BCUT2D eigenvalue weighted by molar-refractivity contribution is 1.08. The summed E-state index contributed by atoms with van der Waals surface area (Å²) in [4.78, 5) is 9.07. The van der Waals surface area contributed by atoms with Crippen molar-refractivity contribution in [3.63, 3.8) is 0 Å². The van der Waals surface area contributed by atoms with Crippen molar-refractivity contribution < 1.29 is 0 Å². The molecule has 2 rings (SSSR count). The van der Waals surface area contributed by atoms with Gasteiger partial charge in [-0.2, -0.15) is 0 Å². The van der Waals surface area contributed by atoms with Gasteiger partial charge in [0, 0.05) is 19.0 Å². The first-order valence-corrected chi connectivity index (χ1v) is 7.99. The fourth-order valence-electron chi connectivity index (χ4n) is 2.28. The first-order chi connectivity index (χ1) is 11.0. The minimum absolute atomic E-state index is 0.833. The summed E-state index contributed by atoms with van der Waals surface area (Å²) in [7, 11) is 1.86. The van der Waals surface area contributed by atoms with Gasteiger partial charge in [0.25, 0.3) is 0 Å². The molecule has 0 unspecified atom stereocenters. The molecule has 120 valence electrons. The molecule has 2 aromatic rings. The van der Waals surface area contributed by atoms with Crippen LogP contribution in [-0.2, 0) is 6.42 Å². The fourth-order valence-corrected chi connectivity index (χ4v) is 2.28. The van der Waals surface area contributed by atoms with E-state index in [1.54, 1.807) is 0 Å². The average molecular weight is 307 g/mol. The van der Waals surface area contributed by atoms with Crippen LogP contribution in [0.15, 0.2) is 48.1 Å². The predicted molar refractivity (Wildman–Crippen MR) is 99.4 cm³/mol. The topological polar surface area (TPSA) is 37.3 Å². The summed E-state index contributed by atoms with van der Waals surface area (Å²) in [6.07, 6.45) is 3.67. The molecule has 0 fully saturated rings.